The molecule has 0 heterocycles. The Morgan fingerprint density at radius 1 is 1.09 bits per heavy atom. The third-order valence-electron chi connectivity index (χ3n) is 5.36. The number of hydrogen-bond acceptors (Lipinski definition) is 2. The first-order valence-electron chi connectivity index (χ1n) is 8.31. The van der Waals surface area contributed by atoms with Crippen LogP contribution < -0.4 is 5.32 Å². The lowest BCUT2D eigenvalue weighted by Crippen LogP contribution is -2.53. The second-order valence-electron chi connectivity index (χ2n) is 6.83. The van der Waals surface area contributed by atoms with Gasteiger partial charge in [-0.1, -0.05) is 31.4 Å². The summed E-state index contributed by atoms with van der Waals surface area (Å²) in [5, 5.41) is 12.0. The number of nitrogens with one attached hydrogen (secondary N) is 1. The van der Waals surface area contributed by atoms with Crippen molar-refractivity contribution in [3.63, 3.8) is 0 Å². The molecule has 3 rings (SSSR count). The maximum atomic E-state index is 13.2. The highest BCUT2D eigenvalue weighted by molar-refractivity contribution is 5.89. The Kier molecular flexibility index (Phi) is 4.37. The van der Waals surface area contributed by atoms with E-state index in [1.54, 1.807) is 12.1 Å². The molecule has 0 unspecified atom stereocenters. The molecule has 23 heavy (non-hydrogen) atoms. The fourth-order valence-corrected chi connectivity index (χ4v) is 3.83. The molecule has 0 bridgehead atoms. The van der Waals surface area contributed by atoms with Crippen LogP contribution in [0, 0.1) is 11.7 Å². The van der Waals surface area contributed by atoms with Crippen molar-refractivity contribution in [1.29, 1.82) is 0 Å². The van der Waals surface area contributed by atoms with Gasteiger partial charge in [-0.25, -0.2) is 4.39 Å². The van der Waals surface area contributed by atoms with Crippen LogP contribution in [0.25, 0.3) is 0 Å². The predicted molar refractivity (Wildman–Crippen MR) is 83.5 cm³/mol. The summed E-state index contributed by atoms with van der Waals surface area (Å²) in [6.07, 6.45) is 5.60. The molecule has 124 valence electrons. The van der Waals surface area contributed by atoms with Crippen molar-refractivity contribution in [2.45, 2.75) is 56.4 Å². The SMILES string of the molecule is O=C(O)C1CC(NC(=O)C2(c3ccc(F)cc3)CCCCC2)C1. The van der Waals surface area contributed by atoms with Gasteiger partial charge in [-0.3, -0.25) is 9.59 Å². The van der Waals surface area contributed by atoms with Gasteiger partial charge in [0.15, 0.2) is 0 Å². The Bertz CT molecular complexity index is 587. The van der Waals surface area contributed by atoms with Crippen molar-refractivity contribution < 1.29 is 19.1 Å². The van der Waals surface area contributed by atoms with E-state index >= 15 is 0 Å². The maximum Gasteiger partial charge on any atom is 0.306 e. The van der Waals surface area contributed by atoms with E-state index in [2.05, 4.69) is 5.32 Å². The minimum absolute atomic E-state index is 0.0300. The number of carbonyl (C=O) groups excluding carboxylic acids is 1. The van der Waals surface area contributed by atoms with Gasteiger partial charge >= 0.3 is 5.97 Å². The van der Waals surface area contributed by atoms with E-state index in [4.69, 9.17) is 5.11 Å². The van der Waals surface area contributed by atoms with Crippen molar-refractivity contribution in [2.75, 3.05) is 0 Å². The van der Waals surface area contributed by atoms with E-state index in [1.807, 2.05) is 0 Å². The lowest BCUT2D eigenvalue weighted by Gasteiger charge is -2.40. The van der Waals surface area contributed by atoms with Crippen molar-refractivity contribution in [3.05, 3.63) is 35.6 Å². The Morgan fingerprint density at radius 2 is 1.70 bits per heavy atom. The van der Waals surface area contributed by atoms with Gasteiger partial charge in [0.05, 0.1) is 11.3 Å². The highest BCUT2D eigenvalue weighted by Gasteiger charge is 2.44. The zero-order valence-corrected chi connectivity index (χ0v) is 13.1. The Hall–Kier alpha value is -1.91. The largest absolute Gasteiger partial charge is 0.481 e. The molecule has 5 heteroatoms. The topological polar surface area (TPSA) is 66.4 Å². The van der Waals surface area contributed by atoms with E-state index in [-0.39, 0.29) is 23.7 Å². The van der Waals surface area contributed by atoms with Crippen LogP contribution in [0.2, 0.25) is 0 Å². The third kappa shape index (κ3) is 3.09. The molecule has 2 aliphatic carbocycles. The first kappa shape index (κ1) is 16.0. The molecule has 2 fully saturated rings. The summed E-state index contributed by atoms with van der Waals surface area (Å²) in [6, 6.07) is 6.18. The third-order valence-corrected chi connectivity index (χ3v) is 5.36. The average Bonchev–Trinajstić information content (AvgIpc) is 2.51. The lowest BCUT2D eigenvalue weighted by molar-refractivity contribution is -0.146. The van der Waals surface area contributed by atoms with Gasteiger partial charge in [0.25, 0.3) is 0 Å². The van der Waals surface area contributed by atoms with E-state index < -0.39 is 11.4 Å². The highest BCUT2D eigenvalue weighted by Crippen LogP contribution is 2.40. The molecule has 0 radical (unpaired) electrons. The second kappa shape index (κ2) is 6.30. The van der Waals surface area contributed by atoms with Gasteiger partial charge in [-0.05, 0) is 43.4 Å². The average molecular weight is 319 g/mol. The number of rotatable bonds is 4. The number of carboxylic acids is 1. The highest BCUT2D eigenvalue weighted by atomic mass is 19.1. The van der Waals surface area contributed by atoms with Crippen LogP contribution in [0.3, 0.4) is 0 Å². The molecule has 0 aliphatic heterocycles. The standard InChI is InChI=1S/C18H22FNO3/c19-14-6-4-13(5-7-14)18(8-2-1-3-9-18)17(23)20-15-10-12(11-15)16(21)22/h4-7,12,15H,1-3,8-11H2,(H,20,23)(H,21,22). The molecule has 1 amide bonds. The zero-order chi connectivity index (χ0) is 16.4. The van der Waals surface area contributed by atoms with E-state index in [0.29, 0.717) is 12.8 Å². The maximum absolute atomic E-state index is 13.2. The smallest absolute Gasteiger partial charge is 0.306 e. The quantitative estimate of drug-likeness (QED) is 0.896. The number of halogens is 1. The van der Waals surface area contributed by atoms with E-state index in [1.165, 1.54) is 12.1 Å². The van der Waals surface area contributed by atoms with Gasteiger partial charge in [0.2, 0.25) is 5.91 Å². The normalized spacial score (nSPS) is 26.1. The monoisotopic (exact) mass is 319 g/mol. The van der Waals surface area contributed by atoms with Crippen LogP contribution >= 0.6 is 0 Å². The van der Waals surface area contributed by atoms with Gasteiger partial charge in [-0.15, -0.1) is 0 Å². The number of aliphatic carboxylic acids is 1. The minimum atomic E-state index is -0.790. The number of hydrogen-bond donors (Lipinski definition) is 2. The summed E-state index contributed by atoms with van der Waals surface area (Å²) in [4.78, 5) is 23.8. The number of carbonyl (C=O) groups is 2. The van der Waals surface area contributed by atoms with Crippen LogP contribution in [-0.2, 0) is 15.0 Å². The van der Waals surface area contributed by atoms with Gasteiger partial charge in [0, 0.05) is 6.04 Å². The molecular formula is C18H22FNO3. The van der Waals surface area contributed by atoms with Crippen molar-refractivity contribution in [2.24, 2.45) is 5.92 Å². The molecule has 1 aromatic carbocycles. The Labute approximate surface area is 135 Å². The van der Waals surface area contributed by atoms with Crippen LogP contribution in [0.5, 0.6) is 0 Å². The molecular weight excluding hydrogens is 297 g/mol. The van der Waals surface area contributed by atoms with E-state index in [9.17, 15) is 14.0 Å². The summed E-state index contributed by atoms with van der Waals surface area (Å²) in [6.45, 7) is 0. The molecule has 2 saturated carbocycles. The van der Waals surface area contributed by atoms with Crippen LogP contribution in [0.1, 0.15) is 50.5 Å². The Morgan fingerprint density at radius 3 is 2.26 bits per heavy atom. The lowest BCUT2D eigenvalue weighted by atomic mass is 9.68. The molecule has 0 spiro atoms. The Balaban J connectivity index is 1.75. The summed E-state index contributed by atoms with van der Waals surface area (Å²) in [5.41, 5.74) is 0.269. The summed E-state index contributed by atoms with van der Waals surface area (Å²) >= 11 is 0. The molecule has 2 N–H and O–H groups in total. The molecule has 1 aromatic rings. The first-order chi connectivity index (χ1) is 11.0. The fourth-order valence-electron chi connectivity index (χ4n) is 3.83. The van der Waals surface area contributed by atoms with Crippen molar-refractivity contribution in [3.8, 4) is 0 Å². The zero-order valence-electron chi connectivity index (χ0n) is 13.1. The second-order valence-corrected chi connectivity index (χ2v) is 6.83. The predicted octanol–water partition coefficient (Wildman–Crippen LogP) is 3.01. The summed E-state index contributed by atoms with van der Waals surface area (Å²) in [5.74, 6) is -1.46. The molecule has 4 nitrogen and oxygen atoms in total. The first-order valence-corrected chi connectivity index (χ1v) is 8.31. The molecule has 0 atom stereocenters. The van der Waals surface area contributed by atoms with Crippen molar-refractivity contribution in [1.82, 2.24) is 5.32 Å². The molecule has 0 aromatic heterocycles. The van der Waals surface area contributed by atoms with Crippen molar-refractivity contribution >= 4 is 11.9 Å². The number of amides is 1. The molecule has 2 aliphatic rings. The minimum Gasteiger partial charge on any atom is -0.481 e. The summed E-state index contributed by atoms with van der Waals surface area (Å²) in [7, 11) is 0. The fraction of sp³-hybridized carbons (Fsp3) is 0.556. The van der Waals surface area contributed by atoms with Gasteiger partial charge < -0.3 is 10.4 Å². The number of carboxylic acid groups (broad SMARTS) is 1. The van der Waals surface area contributed by atoms with Gasteiger partial charge in [-0.2, -0.15) is 0 Å². The van der Waals surface area contributed by atoms with E-state index in [0.717, 1.165) is 37.7 Å². The van der Waals surface area contributed by atoms with Crippen LogP contribution in [-0.4, -0.2) is 23.0 Å². The van der Waals surface area contributed by atoms with Crippen LogP contribution in [0.15, 0.2) is 24.3 Å². The van der Waals surface area contributed by atoms with Gasteiger partial charge in [0.1, 0.15) is 5.82 Å². The van der Waals surface area contributed by atoms with Crippen LogP contribution in [0.4, 0.5) is 4.39 Å². The summed E-state index contributed by atoms with van der Waals surface area (Å²) < 4.78 is 13.2. The number of benzene rings is 1. The molecule has 0 saturated heterocycles.